The lowest BCUT2D eigenvalue weighted by molar-refractivity contribution is 0.0657. The average molecular weight is 172 g/mol. The molecule has 0 aliphatic heterocycles. The number of hydrogen-bond acceptors (Lipinski definition) is 3. The molecule has 0 spiro atoms. The van der Waals surface area contributed by atoms with Gasteiger partial charge in [-0.3, -0.25) is 0 Å². The summed E-state index contributed by atoms with van der Waals surface area (Å²) in [6.45, 7) is 7.16. The summed E-state index contributed by atoms with van der Waals surface area (Å²) in [5.41, 5.74) is 6.58. The first-order valence-electron chi connectivity index (χ1n) is 4.28. The third-order valence-electron chi connectivity index (χ3n) is 1.76. The summed E-state index contributed by atoms with van der Waals surface area (Å²) in [7, 11) is 3.95. The van der Waals surface area contributed by atoms with Crippen molar-refractivity contribution in [3.05, 3.63) is 12.3 Å². The molecule has 0 aromatic carbocycles. The van der Waals surface area contributed by atoms with Crippen molar-refractivity contribution in [1.29, 1.82) is 0 Å². The summed E-state index contributed by atoms with van der Waals surface area (Å²) in [4.78, 5) is 1.99. The molecule has 1 unspecified atom stereocenters. The second-order valence-corrected chi connectivity index (χ2v) is 2.98. The molecule has 0 radical (unpaired) electrons. The van der Waals surface area contributed by atoms with Gasteiger partial charge in [-0.1, -0.05) is 6.58 Å². The number of nitrogens with zero attached hydrogens (tertiary/aromatic N) is 1. The molecular formula is C9H20N2O. The van der Waals surface area contributed by atoms with E-state index in [0.717, 1.165) is 12.1 Å². The van der Waals surface area contributed by atoms with Crippen LogP contribution in [-0.2, 0) is 4.74 Å². The SMILES string of the molecule is C=C(CC(CN)OCC)N(C)C. The summed E-state index contributed by atoms with van der Waals surface area (Å²) in [5, 5.41) is 0. The van der Waals surface area contributed by atoms with Crippen molar-refractivity contribution < 1.29 is 4.74 Å². The van der Waals surface area contributed by atoms with Crippen LogP contribution in [0.25, 0.3) is 0 Å². The molecule has 0 heterocycles. The number of rotatable bonds is 6. The van der Waals surface area contributed by atoms with E-state index in [2.05, 4.69) is 6.58 Å². The van der Waals surface area contributed by atoms with Gasteiger partial charge in [0, 0.05) is 39.4 Å². The Kier molecular flexibility index (Phi) is 5.76. The van der Waals surface area contributed by atoms with Gasteiger partial charge in [-0.05, 0) is 6.92 Å². The lowest BCUT2D eigenvalue weighted by Gasteiger charge is -2.21. The highest BCUT2D eigenvalue weighted by Gasteiger charge is 2.08. The van der Waals surface area contributed by atoms with Crippen LogP contribution < -0.4 is 5.73 Å². The second kappa shape index (κ2) is 6.03. The van der Waals surface area contributed by atoms with Crippen LogP contribution in [0.3, 0.4) is 0 Å². The molecule has 0 saturated carbocycles. The topological polar surface area (TPSA) is 38.5 Å². The Morgan fingerprint density at radius 2 is 2.17 bits per heavy atom. The van der Waals surface area contributed by atoms with E-state index in [4.69, 9.17) is 10.5 Å². The first kappa shape index (κ1) is 11.5. The Balaban J connectivity index is 3.77. The van der Waals surface area contributed by atoms with Crippen LogP contribution in [0.2, 0.25) is 0 Å². The van der Waals surface area contributed by atoms with E-state index < -0.39 is 0 Å². The van der Waals surface area contributed by atoms with Crippen LogP contribution in [0.4, 0.5) is 0 Å². The van der Waals surface area contributed by atoms with Gasteiger partial charge in [0.2, 0.25) is 0 Å². The smallest absolute Gasteiger partial charge is 0.0751 e. The van der Waals surface area contributed by atoms with E-state index >= 15 is 0 Å². The van der Waals surface area contributed by atoms with E-state index in [0.29, 0.717) is 13.2 Å². The van der Waals surface area contributed by atoms with Crippen LogP contribution in [0.1, 0.15) is 13.3 Å². The van der Waals surface area contributed by atoms with Crippen LogP contribution >= 0.6 is 0 Å². The molecule has 72 valence electrons. The number of nitrogens with two attached hydrogens (primary N) is 1. The zero-order chi connectivity index (χ0) is 9.56. The van der Waals surface area contributed by atoms with Gasteiger partial charge in [-0.15, -0.1) is 0 Å². The fourth-order valence-corrected chi connectivity index (χ4v) is 0.891. The minimum atomic E-state index is 0.116. The van der Waals surface area contributed by atoms with E-state index in [9.17, 15) is 0 Å². The summed E-state index contributed by atoms with van der Waals surface area (Å²) in [6.07, 6.45) is 0.932. The molecule has 0 aliphatic rings. The van der Waals surface area contributed by atoms with E-state index in [1.807, 2.05) is 25.9 Å². The van der Waals surface area contributed by atoms with Gasteiger partial charge in [0.1, 0.15) is 0 Å². The zero-order valence-corrected chi connectivity index (χ0v) is 8.34. The third-order valence-corrected chi connectivity index (χ3v) is 1.76. The highest BCUT2D eigenvalue weighted by atomic mass is 16.5. The van der Waals surface area contributed by atoms with Gasteiger partial charge in [0.15, 0.2) is 0 Å². The van der Waals surface area contributed by atoms with Crippen molar-refractivity contribution >= 4 is 0 Å². The average Bonchev–Trinajstić information content (AvgIpc) is 2.03. The second-order valence-electron chi connectivity index (χ2n) is 2.98. The van der Waals surface area contributed by atoms with Crippen LogP contribution in [-0.4, -0.2) is 38.3 Å². The normalized spacial score (nSPS) is 12.7. The standard InChI is InChI=1S/C9H20N2O/c1-5-12-9(7-10)6-8(2)11(3)4/h9H,2,5-7,10H2,1,3-4H3. The molecule has 0 saturated heterocycles. The molecule has 2 N–H and O–H groups in total. The first-order chi connectivity index (χ1) is 5.61. The highest BCUT2D eigenvalue weighted by Crippen LogP contribution is 2.07. The number of ether oxygens (including phenoxy) is 1. The maximum atomic E-state index is 5.52. The maximum Gasteiger partial charge on any atom is 0.0751 e. The molecule has 0 aromatic rings. The van der Waals surface area contributed by atoms with E-state index in [1.165, 1.54) is 0 Å². The quantitative estimate of drug-likeness (QED) is 0.644. The molecule has 0 aliphatic carbocycles. The molecule has 0 rings (SSSR count). The van der Waals surface area contributed by atoms with E-state index in [-0.39, 0.29) is 6.10 Å². The monoisotopic (exact) mass is 172 g/mol. The zero-order valence-electron chi connectivity index (χ0n) is 8.34. The van der Waals surface area contributed by atoms with E-state index in [1.54, 1.807) is 0 Å². The fourth-order valence-electron chi connectivity index (χ4n) is 0.891. The van der Waals surface area contributed by atoms with Crippen molar-refractivity contribution in [3.8, 4) is 0 Å². The predicted molar refractivity (Wildman–Crippen MR) is 51.9 cm³/mol. The van der Waals surface area contributed by atoms with Gasteiger partial charge in [0.25, 0.3) is 0 Å². The molecule has 0 bridgehead atoms. The predicted octanol–water partition coefficient (Wildman–Crippen LogP) is 0.816. The maximum absolute atomic E-state index is 5.52. The van der Waals surface area contributed by atoms with Gasteiger partial charge in [-0.25, -0.2) is 0 Å². The Morgan fingerprint density at radius 1 is 1.58 bits per heavy atom. The Labute approximate surface area is 75.2 Å². The molecule has 0 amide bonds. The summed E-state index contributed by atoms with van der Waals surface area (Å²) in [6, 6.07) is 0. The molecule has 1 atom stereocenters. The summed E-state index contributed by atoms with van der Waals surface area (Å²) in [5.74, 6) is 0. The van der Waals surface area contributed by atoms with Crippen molar-refractivity contribution in [2.45, 2.75) is 19.4 Å². The number of hydrogen-bond donors (Lipinski definition) is 1. The van der Waals surface area contributed by atoms with Crippen molar-refractivity contribution in [3.63, 3.8) is 0 Å². The van der Waals surface area contributed by atoms with Crippen LogP contribution in [0.15, 0.2) is 12.3 Å². The summed E-state index contributed by atoms with van der Waals surface area (Å²) < 4.78 is 5.40. The highest BCUT2D eigenvalue weighted by molar-refractivity contribution is 4.93. The molecular weight excluding hydrogens is 152 g/mol. The Morgan fingerprint density at radius 3 is 2.50 bits per heavy atom. The van der Waals surface area contributed by atoms with Crippen molar-refractivity contribution in [2.24, 2.45) is 5.73 Å². The van der Waals surface area contributed by atoms with Crippen molar-refractivity contribution in [2.75, 3.05) is 27.2 Å². The van der Waals surface area contributed by atoms with Gasteiger partial charge in [-0.2, -0.15) is 0 Å². The molecule has 0 fully saturated rings. The lowest BCUT2D eigenvalue weighted by Crippen LogP contribution is -2.26. The Hall–Kier alpha value is -0.540. The van der Waals surface area contributed by atoms with Crippen LogP contribution in [0, 0.1) is 0 Å². The molecule has 3 heteroatoms. The first-order valence-corrected chi connectivity index (χ1v) is 4.28. The third kappa shape index (κ3) is 4.36. The molecule has 0 aromatic heterocycles. The lowest BCUT2D eigenvalue weighted by atomic mass is 10.2. The van der Waals surface area contributed by atoms with Crippen LogP contribution in [0.5, 0.6) is 0 Å². The minimum absolute atomic E-state index is 0.116. The van der Waals surface area contributed by atoms with Crippen molar-refractivity contribution in [1.82, 2.24) is 4.90 Å². The van der Waals surface area contributed by atoms with Gasteiger partial charge >= 0.3 is 0 Å². The fraction of sp³-hybridized carbons (Fsp3) is 0.778. The van der Waals surface area contributed by atoms with Gasteiger partial charge in [0.05, 0.1) is 6.10 Å². The molecule has 12 heavy (non-hydrogen) atoms. The largest absolute Gasteiger partial charge is 0.381 e. The Bertz CT molecular complexity index is 134. The molecule has 3 nitrogen and oxygen atoms in total. The minimum Gasteiger partial charge on any atom is -0.381 e. The summed E-state index contributed by atoms with van der Waals surface area (Å²) >= 11 is 0. The van der Waals surface area contributed by atoms with Gasteiger partial charge < -0.3 is 15.4 Å².